The maximum atomic E-state index is 13.3. The quantitative estimate of drug-likeness (QED) is 0.888. The van der Waals surface area contributed by atoms with Gasteiger partial charge in [-0.3, -0.25) is 0 Å². The summed E-state index contributed by atoms with van der Waals surface area (Å²) in [6.07, 6.45) is 1.60. The van der Waals surface area contributed by atoms with Crippen molar-refractivity contribution in [1.29, 1.82) is 0 Å². The highest BCUT2D eigenvalue weighted by Crippen LogP contribution is 2.11. The van der Waals surface area contributed by atoms with Crippen LogP contribution in [0.2, 0.25) is 0 Å². The molecular formula is C12H11F2N3. The van der Waals surface area contributed by atoms with Crippen molar-refractivity contribution in [2.24, 2.45) is 0 Å². The molecule has 0 aliphatic rings. The number of benzene rings is 1. The standard InChI is InChI=1S/C12H11F2N3/c1-8-15-5-4-12(17-8)16-7-9-6-10(13)2-3-11(9)14/h2-6H,7H2,1H3,(H,15,16,17). The molecular weight excluding hydrogens is 224 g/mol. The summed E-state index contributed by atoms with van der Waals surface area (Å²) >= 11 is 0. The van der Waals surface area contributed by atoms with E-state index in [9.17, 15) is 8.78 Å². The molecule has 1 aromatic carbocycles. The lowest BCUT2D eigenvalue weighted by molar-refractivity contribution is 0.587. The minimum absolute atomic E-state index is 0.181. The molecule has 0 fully saturated rings. The van der Waals surface area contributed by atoms with Crippen molar-refractivity contribution in [2.75, 3.05) is 5.32 Å². The number of anilines is 1. The van der Waals surface area contributed by atoms with E-state index in [1.165, 1.54) is 0 Å². The molecule has 0 atom stereocenters. The third kappa shape index (κ3) is 2.96. The van der Waals surface area contributed by atoms with E-state index < -0.39 is 11.6 Å². The molecule has 2 rings (SSSR count). The van der Waals surface area contributed by atoms with Crippen LogP contribution in [0.3, 0.4) is 0 Å². The molecule has 0 unspecified atom stereocenters. The maximum absolute atomic E-state index is 13.3. The number of hydrogen-bond acceptors (Lipinski definition) is 3. The fourth-order valence-corrected chi connectivity index (χ4v) is 1.42. The zero-order valence-corrected chi connectivity index (χ0v) is 9.24. The van der Waals surface area contributed by atoms with Crippen molar-refractivity contribution in [3.8, 4) is 0 Å². The zero-order chi connectivity index (χ0) is 12.3. The van der Waals surface area contributed by atoms with E-state index in [4.69, 9.17) is 0 Å². The van der Waals surface area contributed by atoms with Gasteiger partial charge in [-0.2, -0.15) is 0 Å². The summed E-state index contributed by atoms with van der Waals surface area (Å²) in [7, 11) is 0. The van der Waals surface area contributed by atoms with Crippen LogP contribution >= 0.6 is 0 Å². The van der Waals surface area contributed by atoms with Gasteiger partial charge in [0.2, 0.25) is 0 Å². The SMILES string of the molecule is Cc1nccc(NCc2cc(F)ccc2F)n1. The van der Waals surface area contributed by atoms with Gasteiger partial charge in [0.05, 0.1) is 0 Å². The number of halogens is 2. The molecule has 5 heteroatoms. The van der Waals surface area contributed by atoms with Crippen molar-refractivity contribution in [3.63, 3.8) is 0 Å². The van der Waals surface area contributed by atoms with Gasteiger partial charge >= 0.3 is 0 Å². The Labute approximate surface area is 97.5 Å². The lowest BCUT2D eigenvalue weighted by atomic mass is 10.2. The molecule has 0 saturated heterocycles. The first-order valence-electron chi connectivity index (χ1n) is 5.12. The molecule has 2 aromatic rings. The minimum Gasteiger partial charge on any atom is -0.366 e. The van der Waals surface area contributed by atoms with E-state index in [0.717, 1.165) is 18.2 Å². The van der Waals surface area contributed by atoms with Gasteiger partial charge in [0, 0.05) is 18.3 Å². The molecule has 1 aromatic heterocycles. The second kappa shape index (κ2) is 4.86. The van der Waals surface area contributed by atoms with Crippen molar-refractivity contribution < 1.29 is 8.78 Å². The van der Waals surface area contributed by atoms with Gasteiger partial charge in [0.15, 0.2) is 0 Å². The Kier molecular flexibility index (Phi) is 3.27. The summed E-state index contributed by atoms with van der Waals surface area (Å²) in [6.45, 7) is 1.94. The van der Waals surface area contributed by atoms with Crippen LogP contribution in [0.25, 0.3) is 0 Å². The van der Waals surface area contributed by atoms with Crippen LogP contribution in [0.1, 0.15) is 11.4 Å². The van der Waals surface area contributed by atoms with Crippen molar-refractivity contribution in [1.82, 2.24) is 9.97 Å². The molecule has 0 aliphatic heterocycles. The summed E-state index contributed by atoms with van der Waals surface area (Å²) < 4.78 is 26.2. The molecule has 88 valence electrons. The molecule has 0 radical (unpaired) electrons. The summed E-state index contributed by atoms with van der Waals surface area (Å²) in [5, 5.41) is 2.91. The lowest BCUT2D eigenvalue weighted by Gasteiger charge is -2.07. The topological polar surface area (TPSA) is 37.8 Å². The predicted octanol–water partition coefficient (Wildman–Crippen LogP) is 2.68. The van der Waals surface area contributed by atoms with Crippen LogP contribution in [0.5, 0.6) is 0 Å². The Bertz CT molecular complexity index is 529. The lowest BCUT2D eigenvalue weighted by Crippen LogP contribution is -2.04. The van der Waals surface area contributed by atoms with Gasteiger partial charge in [-0.1, -0.05) is 0 Å². The van der Waals surface area contributed by atoms with Crippen LogP contribution in [0.15, 0.2) is 30.5 Å². The van der Waals surface area contributed by atoms with Crippen molar-refractivity contribution in [2.45, 2.75) is 13.5 Å². The minimum atomic E-state index is -0.456. The van der Waals surface area contributed by atoms with Gasteiger partial charge in [0.25, 0.3) is 0 Å². The summed E-state index contributed by atoms with van der Waals surface area (Å²) in [4.78, 5) is 8.04. The fraction of sp³-hybridized carbons (Fsp3) is 0.167. The molecule has 17 heavy (non-hydrogen) atoms. The zero-order valence-electron chi connectivity index (χ0n) is 9.24. The van der Waals surface area contributed by atoms with E-state index in [1.807, 2.05) is 0 Å². The largest absolute Gasteiger partial charge is 0.366 e. The number of nitrogens with one attached hydrogen (secondary N) is 1. The Balaban J connectivity index is 2.09. The Morgan fingerprint density at radius 1 is 1.24 bits per heavy atom. The molecule has 0 bridgehead atoms. The third-order valence-electron chi connectivity index (χ3n) is 2.24. The van der Waals surface area contributed by atoms with E-state index in [1.54, 1.807) is 19.2 Å². The van der Waals surface area contributed by atoms with Crippen molar-refractivity contribution >= 4 is 5.82 Å². The highest BCUT2D eigenvalue weighted by Gasteiger charge is 2.04. The van der Waals surface area contributed by atoms with Crippen LogP contribution in [-0.2, 0) is 6.54 Å². The average Bonchev–Trinajstić information content (AvgIpc) is 2.30. The van der Waals surface area contributed by atoms with Crippen LogP contribution < -0.4 is 5.32 Å². The van der Waals surface area contributed by atoms with E-state index in [0.29, 0.717) is 11.6 Å². The number of rotatable bonds is 3. The first-order valence-corrected chi connectivity index (χ1v) is 5.12. The molecule has 0 amide bonds. The highest BCUT2D eigenvalue weighted by molar-refractivity contribution is 5.34. The monoisotopic (exact) mass is 235 g/mol. The molecule has 3 nitrogen and oxygen atoms in total. The van der Waals surface area contributed by atoms with Crippen molar-refractivity contribution in [3.05, 3.63) is 53.5 Å². The third-order valence-corrected chi connectivity index (χ3v) is 2.24. The maximum Gasteiger partial charge on any atom is 0.129 e. The van der Waals surface area contributed by atoms with E-state index in [2.05, 4.69) is 15.3 Å². The highest BCUT2D eigenvalue weighted by atomic mass is 19.1. The predicted molar refractivity (Wildman–Crippen MR) is 60.5 cm³/mol. The molecule has 0 aliphatic carbocycles. The summed E-state index contributed by atoms with van der Waals surface area (Å²) in [5.74, 6) is 0.308. The summed E-state index contributed by atoms with van der Waals surface area (Å²) in [6, 6.07) is 5.03. The number of nitrogens with zero attached hydrogens (tertiary/aromatic N) is 2. The number of aromatic nitrogens is 2. The number of hydrogen-bond donors (Lipinski definition) is 1. The second-order valence-corrected chi connectivity index (χ2v) is 3.58. The first-order chi connectivity index (χ1) is 8.15. The van der Waals surface area contributed by atoms with Gasteiger partial charge < -0.3 is 5.32 Å². The van der Waals surface area contributed by atoms with E-state index in [-0.39, 0.29) is 12.1 Å². The molecule has 1 heterocycles. The van der Waals surface area contributed by atoms with Gasteiger partial charge in [-0.15, -0.1) is 0 Å². The molecule has 0 spiro atoms. The van der Waals surface area contributed by atoms with Gasteiger partial charge in [0.1, 0.15) is 23.3 Å². The van der Waals surface area contributed by atoms with Crippen LogP contribution in [0, 0.1) is 18.6 Å². The van der Waals surface area contributed by atoms with Crippen LogP contribution in [-0.4, -0.2) is 9.97 Å². The second-order valence-electron chi connectivity index (χ2n) is 3.58. The Morgan fingerprint density at radius 3 is 2.82 bits per heavy atom. The summed E-state index contributed by atoms with van der Waals surface area (Å²) in [5.41, 5.74) is 0.265. The Morgan fingerprint density at radius 2 is 2.06 bits per heavy atom. The number of aryl methyl sites for hydroxylation is 1. The normalized spacial score (nSPS) is 10.3. The fourth-order valence-electron chi connectivity index (χ4n) is 1.42. The Hall–Kier alpha value is -2.04. The smallest absolute Gasteiger partial charge is 0.129 e. The molecule has 0 saturated carbocycles. The molecule has 1 N–H and O–H groups in total. The van der Waals surface area contributed by atoms with E-state index >= 15 is 0 Å². The van der Waals surface area contributed by atoms with Crippen LogP contribution in [0.4, 0.5) is 14.6 Å². The first kappa shape index (κ1) is 11.4. The van der Waals surface area contributed by atoms with Gasteiger partial charge in [-0.05, 0) is 31.2 Å². The van der Waals surface area contributed by atoms with Gasteiger partial charge in [-0.25, -0.2) is 18.7 Å². The average molecular weight is 235 g/mol.